The number of hydrogen-bond acceptors (Lipinski definition) is 8. The van der Waals surface area contributed by atoms with Crippen molar-refractivity contribution < 1.29 is 9.72 Å². The number of aryl methyl sites for hydroxylation is 1. The monoisotopic (exact) mass is 573 g/mol. The lowest BCUT2D eigenvalue weighted by Gasteiger charge is -2.35. The van der Waals surface area contributed by atoms with Gasteiger partial charge in [0.1, 0.15) is 4.70 Å². The number of piperazine rings is 1. The minimum atomic E-state index is -0.521. The molecule has 12 heteroatoms. The van der Waals surface area contributed by atoms with Gasteiger partial charge < -0.3 is 9.80 Å². The number of halogens is 2. The van der Waals surface area contributed by atoms with E-state index in [1.807, 2.05) is 11.8 Å². The highest BCUT2D eigenvalue weighted by molar-refractivity contribution is 9.10. The normalized spacial score (nSPS) is 14.0. The van der Waals surface area contributed by atoms with Crippen LogP contribution in [0.1, 0.15) is 16.1 Å². The Balaban J connectivity index is 1.42. The van der Waals surface area contributed by atoms with Gasteiger partial charge in [0.05, 0.1) is 21.4 Å². The molecule has 2 aromatic heterocycles. The molecule has 1 saturated heterocycles. The molecule has 3 heterocycles. The van der Waals surface area contributed by atoms with Crippen molar-refractivity contribution in [1.82, 2.24) is 14.9 Å². The average molecular weight is 575 g/mol. The first kappa shape index (κ1) is 23.6. The average Bonchev–Trinajstić information content (AvgIpc) is 2.83. The SMILES string of the molecule is Cc1cc(C(=O)N2CCN(c3nc(=O)c4cc(Br)cc([N+](=O)[O-])c4s3)CC2)c2cc(Cl)ccc2n1. The van der Waals surface area contributed by atoms with Gasteiger partial charge in [-0.1, -0.05) is 38.9 Å². The molecule has 0 spiro atoms. The summed E-state index contributed by atoms with van der Waals surface area (Å²) >= 11 is 10.5. The van der Waals surface area contributed by atoms with Gasteiger partial charge in [-0.15, -0.1) is 0 Å². The number of anilines is 1. The zero-order valence-corrected chi connectivity index (χ0v) is 21.5. The second-order valence-corrected chi connectivity index (χ2v) is 10.4. The zero-order valence-electron chi connectivity index (χ0n) is 18.3. The van der Waals surface area contributed by atoms with Gasteiger partial charge in [-0.3, -0.25) is 24.7 Å². The summed E-state index contributed by atoms with van der Waals surface area (Å²) in [6.07, 6.45) is 0. The largest absolute Gasteiger partial charge is 0.344 e. The fourth-order valence-electron chi connectivity index (χ4n) is 4.16. The highest BCUT2D eigenvalue weighted by Gasteiger charge is 2.26. The highest BCUT2D eigenvalue weighted by atomic mass is 79.9. The molecule has 0 bridgehead atoms. The van der Waals surface area contributed by atoms with Gasteiger partial charge in [-0.2, -0.15) is 4.98 Å². The number of hydrogen-bond donors (Lipinski definition) is 0. The molecule has 0 radical (unpaired) electrons. The molecular formula is C23H17BrClN5O4S. The lowest BCUT2D eigenvalue weighted by molar-refractivity contribution is -0.382. The number of rotatable bonds is 3. The van der Waals surface area contributed by atoms with Gasteiger partial charge in [0, 0.05) is 52.8 Å². The molecule has 0 N–H and O–H groups in total. The molecule has 35 heavy (non-hydrogen) atoms. The number of amides is 1. The molecule has 0 unspecified atom stereocenters. The van der Waals surface area contributed by atoms with E-state index >= 15 is 0 Å². The predicted octanol–water partition coefficient (Wildman–Crippen LogP) is 4.80. The van der Waals surface area contributed by atoms with Crippen LogP contribution in [0.4, 0.5) is 10.8 Å². The van der Waals surface area contributed by atoms with Crippen LogP contribution in [-0.2, 0) is 0 Å². The van der Waals surface area contributed by atoms with Gasteiger partial charge in [0.15, 0.2) is 5.13 Å². The molecule has 1 amide bonds. The number of aromatic nitrogens is 2. The van der Waals surface area contributed by atoms with E-state index in [0.29, 0.717) is 57.3 Å². The molecule has 4 aromatic rings. The molecule has 0 atom stereocenters. The third-order valence-electron chi connectivity index (χ3n) is 5.82. The number of nitro groups is 1. The topological polar surface area (TPSA) is 110 Å². The quantitative estimate of drug-likeness (QED) is 0.255. The van der Waals surface area contributed by atoms with Crippen LogP contribution < -0.4 is 10.5 Å². The van der Waals surface area contributed by atoms with E-state index in [-0.39, 0.29) is 21.7 Å². The number of nitrogens with zero attached hydrogens (tertiary/aromatic N) is 5. The van der Waals surface area contributed by atoms with E-state index in [2.05, 4.69) is 25.9 Å². The summed E-state index contributed by atoms with van der Waals surface area (Å²) in [5, 5.41) is 13.4. The van der Waals surface area contributed by atoms with Crippen LogP contribution in [0.15, 0.2) is 45.7 Å². The summed E-state index contributed by atoms with van der Waals surface area (Å²) in [4.78, 5) is 49.4. The van der Waals surface area contributed by atoms with Gasteiger partial charge >= 0.3 is 0 Å². The molecule has 0 aliphatic carbocycles. The van der Waals surface area contributed by atoms with Crippen molar-refractivity contribution in [3.8, 4) is 0 Å². The van der Waals surface area contributed by atoms with Crippen LogP contribution in [-0.4, -0.2) is 51.9 Å². The van der Waals surface area contributed by atoms with E-state index in [9.17, 15) is 19.7 Å². The molecule has 1 fully saturated rings. The number of pyridine rings is 1. The van der Waals surface area contributed by atoms with Crippen LogP contribution in [0.25, 0.3) is 21.0 Å². The standard InChI is InChI=1S/C23H17BrClN5O4S/c1-12-8-16(15-11-14(25)2-3-18(15)26-12)22(32)28-4-6-29(7-5-28)23-27-21(31)17-9-13(24)10-19(30(33)34)20(17)35-23/h2-3,8-11H,4-7H2,1H3. The van der Waals surface area contributed by atoms with Crippen molar-refractivity contribution in [3.63, 3.8) is 0 Å². The van der Waals surface area contributed by atoms with Crippen LogP contribution in [0.2, 0.25) is 5.02 Å². The van der Waals surface area contributed by atoms with Gasteiger partial charge in [-0.05, 0) is 37.3 Å². The fourth-order valence-corrected chi connectivity index (χ4v) is 5.89. The Hall–Kier alpha value is -3.15. The maximum absolute atomic E-state index is 13.4. The Morgan fingerprint density at radius 3 is 2.57 bits per heavy atom. The lowest BCUT2D eigenvalue weighted by Crippen LogP contribution is -2.49. The van der Waals surface area contributed by atoms with E-state index in [0.717, 1.165) is 17.0 Å². The van der Waals surface area contributed by atoms with E-state index < -0.39 is 10.5 Å². The zero-order chi connectivity index (χ0) is 24.9. The Labute approximate surface area is 216 Å². The van der Waals surface area contributed by atoms with Crippen molar-refractivity contribution in [1.29, 1.82) is 0 Å². The first-order chi connectivity index (χ1) is 16.7. The molecule has 1 aliphatic rings. The summed E-state index contributed by atoms with van der Waals surface area (Å²) in [6.45, 7) is 3.53. The van der Waals surface area contributed by atoms with Crippen LogP contribution in [0.3, 0.4) is 0 Å². The fraction of sp³-hybridized carbons (Fsp3) is 0.217. The first-order valence-corrected chi connectivity index (χ1v) is 12.6. The first-order valence-electron chi connectivity index (χ1n) is 10.6. The number of carbonyl (C=O) groups excluding carboxylic acids is 1. The maximum Gasteiger partial charge on any atom is 0.288 e. The lowest BCUT2D eigenvalue weighted by atomic mass is 10.1. The summed E-state index contributed by atoms with van der Waals surface area (Å²) in [6, 6.07) is 9.97. The van der Waals surface area contributed by atoms with Crippen molar-refractivity contribution in [2.45, 2.75) is 6.92 Å². The summed E-state index contributed by atoms with van der Waals surface area (Å²) in [5.41, 5.74) is 1.31. The van der Waals surface area contributed by atoms with E-state index in [1.54, 1.807) is 35.2 Å². The van der Waals surface area contributed by atoms with Gasteiger partial charge in [0.25, 0.3) is 17.2 Å². The Morgan fingerprint density at radius 2 is 1.86 bits per heavy atom. The van der Waals surface area contributed by atoms with Crippen molar-refractivity contribution >= 4 is 76.6 Å². The minimum absolute atomic E-state index is 0.123. The summed E-state index contributed by atoms with van der Waals surface area (Å²) in [5.74, 6) is -0.123. The Bertz CT molecular complexity index is 1590. The second kappa shape index (κ2) is 9.14. The van der Waals surface area contributed by atoms with Crippen LogP contribution in [0.5, 0.6) is 0 Å². The molecule has 0 saturated carbocycles. The van der Waals surface area contributed by atoms with E-state index in [1.165, 1.54) is 6.07 Å². The van der Waals surface area contributed by atoms with Gasteiger partial charge in [-0.25, -0.2) is 0 Å². The third kappa shape index (κ3) is 4.46. The smallest absolute Gasteiger partial charge is 0.288 e. The molecule has 5 rings (SSSR count). The highest BCUT2D eigenvalue weighted by Crippen LogP contribution is 2.34. The van der Waals surface area contributed by atoms with Crippen LogP contribution in [0, 0.1) is 17.0 Å². The Kier molecular flexibility index (Phi) is 6.16. The molecule has 2 aromatic carbocycles. The Morgan fingerprint density at radius 1 is 1.11 bits per heavy atom. The molecule has 178 valence electrons. The van der Waals surface area contributed by atoms with Gasteiger partial charge in [0.2, 0.25) is 0 Å². The summed E-state index contributed by atoms with van der Waals surface area (Å²) < 4.78 is 0.727. The number of fused-ring (bicyclic) bond motifs is 2. The maximum atomic E-state index is 13.4. The van der Waals surface area contributed by atoms with Crippen molar-refractivity contribution in [2.75, 3.05) is 31.1 Å². The molecular weight excluding hydrogens is 558 g/mol. The third-order valence-corrected chi connectivity index (χ3v) is 7.68. The molecule has 9 nitrogen and oxygen atoms in total. The summed E-state index contributed by atoms with van der Waals surface area (Å²) in [7, 11) is 0. The predicted molar refractivity (Wildman–Crippen MR) is 140 cm³/mol. The second-order valence-electron chi connectivity index (χ2n) is 8.11. The van der Waals surface area contributed by atoms with Crippen molar-refractivity contribution in [2.24, 2.45) is 0 Å². The minimum Gasteiger partial charge on any atom is -0.344 e. The number of nitro benzene ring substituents is 1. The number of benzene rings is 2. The van der Waals surface area contributed by atoms with Crippen molar-refractivity contribution in [3.05, 3.63) is 77.6 Å². The number of carbonyl (C=O) groups is 1. The van der Waals surface area contributed by atoms with Crippen LogP contribution >= 0.6 is 38.9 Å². The molecule has 1 aliphatic heterocycles. The van der Waals surface area contributed by atoms with E-state index in [4.69, 9.17) is 11.6 Å². The number of non-ortho nitro benzene ring substituents is 1.